The number of aliphatic carboxylic acids is 1. The van der Waals surface area contributed by atoms with E-state index in [1.807, 2.05) is 0 Å². The Bertz CT molecular complexity index is 130. The first kappa shape index (κ1) is 10.3. The van der Waals surface area contributed by atoms with E-state index in [0.29, 0.717) is 19.3 Å². The Morgan fingerprint density at radius 3 is 2.18 bits per heavy atom. The minimum atomic E-state index is -1.15. The van der Waals surface area contributed by atoms with Crippen molar-refractivity contribution in [3.05, 3.63) is 0 Å². The van der Waals surface area contributed by atoms with Crippen LogP contribution in [0.4, 0.5) is 0 Å². The van der Waals surface area contributed by atoms with E-state index in [4.69, 9.17) is 22.3 Å². The summed E-state index contributed by atoms with van der Waals surface area (Å²) in [6, 6.07) is 0. The Morgan fingerprint density at radius 2 is 1.82 bits per heavy atom. The number of nitrogens with two attached hydrogens (primary N) is 3. The van der Waals surface area contributed by atoms with Crippen LogP contribution in [0.3, 0.4) is 0 Å². The van der Waals surface area contributed by atoms with Crippen LogP contribution < -0.4 is 17.2 Å². The first-order chi connectivity index (χ1) is 4.92. The molecule has 0 aromatic heterocycles. The van der Waals surface area contributed by atoms with Crippen molar-refractivity contribution in [1.82, 2.24) is 0 Å². The molecule has 0 bridgehead atoms. The average Bonchev–Trinajstić information content (AvgIpc) is 1.78. The molecule has 0 radical (unpaired) electrons. The van der Waals surface area contributed by atoms with Gasteiger partial charge in [-0.2, -0.15) is 0 Å². The van der Waals surface area contributed by atoms with E-state index >= 15 is 0 Å². The Balaban J connectivity index is 3.22. The lowest BCUT2D eigenvalue weighted by Crippen LogP contribution is -2.57. The van der Waals surface area contributed by atoms with Gasteiger partial charge in [-0.1, -0.05) is 0 Å². The largest absolute Gasteiger partial charge is 0.481 e. The summed E-state index contributed by atoms with van der Waals surface area (Å²) >= 11 is 0. The third kappa shape index (κ3) is 9.35. The van der Waals surface area contributed by atoms with Crippen molar-refractivity contribution < 1.29 is 9.90 Å². The van der Waals surface area contributed by atoms with Gasteiger partial charge in [0.25, 0.3) is 0 Å². The molecule has 0 atom stereocenters. The van der Waals surface area contributed by atoms with Gasteiger partial charge < -0.3 is 22.3 Å². The molecule has 7 N–H and O–H groups in total. The van der Waals surface area contributed by atoms with E-state index in [1.165, 1.54) is 0 Å². The molecule has 11 heavy (non-hydrogen) atoms. The maximum atomic E-state index is 10.0. The predicted molar refractivity (Wildman–Crippen MR) is 41.4 cm³/mol. The highest BCUT2D eigenvalue weighted by Gasteiger charge is 2.10. The minimum Gasteiger partial charge on any atom is -0.481 e. The van der Waals surface area contributed by atoms with Crippen LogP contribution in [0.2, 0.25) is 0 Å². The summed E-state index contributed by atoms with van der Waals surface area (Å²) in [6.45, 7) is 0. The second-order valence-corrected chi connectivity index (χ2v) is 2.71. The molecule has 5 nitrogen and oxygen atoms in total. The summed E-state index contributed by atoms with van der Waals surface area (Å²) in [5, 5.41) is 8.25. The molecule has 0 spiro atoms. The van der Waals surface area contributed by atoms with Crippen molar-refractivity contribution in [1.29, 1.82) is 0 Å². The monoisotopic (exact) mass is 161 g/mol. The van der Waals surface area contributed by atoms with Crippen molar-refractivity contribution in [2.45, 2.75) is 31.5 Å². The quantitative estimate of drug-likeness (QED) is 0.310. The molecular weight excluding hydrogens is 146 g/mol. The first-order valence-corrected chi connectivity index (χ1v) is 3.50. The summed E-state index contributed by atoms with van der Waals surface area (Å²) < 4.78 is 0. The standard InChI is InChI=1S/C6H15N3O2/c7-6(8,9)4-2-1-3-5(10)11/h1-4,7-9H2,(H,10,11). The molecule has 0 aliphatic carbocycles. The van der Waals surface area contributed by atoms with Gasteiger partial charge in [0.1, 0.15) is 5.79 Å². The number of hydrogen-bond acceptors (Lipinski definition) is 4. The Morgan fingerprint density at radius 1 is 1.27 bits per heavy atom. The second-order valence-electron chi connectivity index (χ2n) is 2.71. The summed E-state index contributed by atoms with van der Waals surface area (Å²) in [4.78, 5) is 10.0. The van der Waals surface area contributed by atoms with Gasteiger partial charge in [-0.05, 0) is 19.3 Å². The van der Waals surface area contributed by atoms with Crippen LogP contribution in [0.25, 0.3) is 0 Å². The van der Waals surface area contributed by atoms with E-state index in [-0.39, 0.29) is 6.42 Å². The summed E-state index contributed by atoms with van der Waals surface area (Å²) in [7, 11) is 0. The van der Waals surface area contributed by atoms with Crippen molar-refractivity contribution >= 4 is 5.97 Å². The van der Waals surface area contributed by atoms with Crippen molar-refractivity contribution in [2.24, 2.45) is 17.2 Å². The van der Waals surface area contributed by atoms with Gasteiger partial charge in [0.15, 0.2) is 0 Å². The molecule has 0 rings (SSSR count). The number of carboxylic acid groups (broad SMARTS) is 1. The fraction of sp³-hybridized carbons (Fsp3) is 0.833. The molecule has 0 heterocycles. The summed E-state index contributed by atoms with van der Waals surface area (Å²) in [5.41, 5.74) is 15.8. The summed E-state index contributed by atoms with van der Waals surface area (Å²) in [6.07, 6.45) is 1.81. The van der Waals surface area contributed by atoms with E-state index < -0.39 is 11.8 Å². The molecule has 0 unspecified atom stereocenters. The molecule has 0 aromatic carbocycles. The SMILES string of the molecule is NC(N)(N)CCCCC(=O)O. The highest BCUT2D eigenvalue weighted by molar-refractivity contribution is 5.66. The number of carbonyl (C=O) groups is 1. The molecule has 0 saturated carbocycles. The lowest BCUT2D eigenvalue weighted by atomic mass is 10.1. The Labute approximate surface area is 65.5 Å². The number of hydrogen-bond donors (Lipinski definition) is 4. The van der Waals surface area contributed by atoms with Crippen molar-refractivity contribution in [3.63, 3.8) is 0 Å². The van der Waals surface area contributed by atoms with Gasteiger partial charge in [0.05, 0.1) is 0 Å². The van der Waals surface area contributed by atoms with Crippen LogP contribution >= 0.6 is 0 Å². The zero-order chi connectivity index (χ0) is 8.91. The minimum absolute atomic E-state index is 0.149. The smallest absolute Gasteiger partial charge is 0.303 e. The van der Waals surface area contributed by atoms with Crippen LogP contribution in [0.1, 0.15) is 25.7 Å². The zero-order valence-electron chi connectivity index (χ0n) is 6.42. The highest BCUT2D eigenvalue weighted by atomic mass is 16.4. The first-order valence-electron chi connectivity index (χ1n) is 3.50. The number of unbranched alkanes of at least 4 members (excludes halogenated alkanes) is 1. The molecule has 0 fully saturated rings. The molecule has 0 aliphatic heterocycles. The van der Waals surface area contributed by atoms with Crippen LogP contribution in [0.15, 0.2) is 0 Å². The predicted octanol–water partition coefficient (Wildman–Crippen LogP) is -0.839. The normalized spacial score (nSPS) is 11.5. The van der Waals surface area contributed by atoms with Crippen molar-refractivity contribution in [2.75, 3.05) is 0 Å². The maximum absolute atomic E-state index is 10.0. The van der Waals surface area contributed by atoms with Crippen LogP contribution in [0, 0.1) is 0 Å². The fourth-order valence-electron chi connectivity index (χ4n) is 0.707. The van der Waals surface area contributed by atoms with Crippen LogP contribution in [0.5, 0.6) is 0 Å². The molecule has 0 aromatic rings. The van der Waals surface area contributed by atoms with Crippen LogP contribution in [-0.2, 0) is 4.79 Å². The van der Waals surface area contributed by atoms with Gasteiger partial charge >= 0.3 is 5.97 Å². The molecule has 0 amide bonds. The van der Waals surface area contributed by atoms with Gasteiger partial charge in [-0.3, -0.25) is 4.79 Å². The Kier molecular flexibility index (Phi) is 4.02. The topological polar surface area (TPSA) is 115 Å². The third-order valence-electron chi connectivity index (χ3n) is 1.25. The molecule has 5 heteroatoms. The highest BCUT2D eigenvalue weighted by Crippen LogP contribution is 2.02. The van der Waals surface area contributed by atoms with E-state index in [2.05, 4.69) is 0 Å². The number of carboxylic acids is 1. The average molecular weight is 161 g/mol. The fourth-order valence-corrected chi connectivity index (χ4v) is 0.707. The second kappa shape index (κ2) is 4.27. The molecule has 0 saturated heterocycles. The van der Waals surface area contributed by atoms with Gasteiger partial charge in [-0.25, -0.2) is 0 Å². The molecule has 66 valence electrons. The number of rotatable bonds is 5. The van der Waals surface area contributed by atoms with Crippen molar-refractivity contribution in [3.8, 4) is 0 Å². The maximum Gasteiger partial charge on any atom is 0.303 e. The van der Waals surface area contributed by atoms with E-state index in [1.54, 1.807) is 0 Å². The summed E-state index contributed by atoms with van der Waals surface area (Å²) in [5.74, 6) is -1.96. The third-order valence-corrected chi connectivity index (χ3v) is 1.25. The Hall–Kier alpha value is -0.650. The lowest BCUT2D eigenvalue weighted by molar-refractivity contribution is -0.137. The lowest BCUT2D eigenvalue weighted by Gasteiger charge is -2.17. The molecular formula is C6H15N3O2. The van der Waals surface area contributed by atoms with Crippen LogP contribution in [-0.4, -0.2) is 16.9 Å². The molecule has 0 aliphatic rings. The van der Waals surface area contributed by atoms with Gasteiger partial charge in [0, 0.05) is 6.42 Å². The van der Waals surface area contributed by atoms with Gasteiger partial charge in [-0.15, -0.1) is 0 Å². The van der Waals surface area contributed by atoms with E-state index in [0.717, 1.165) is 0 Å². The van der Waals surface area contributed by atoms with Gasteiger partial charge in [0.2, 0.25) is 0 Å². The van der Waals surface area contributed by atoms with E-state index in [9.17, 15) is 4.79 Å². The zero-order valence-corrected chi connectivity index (χ0v) is 6.42.